The van der Waals surface area contributed by atoms with Crippen molar-refractivity contribution < 1.29 is 13.5 Å². The predicted molar refractivity (Wildman–Crippen MR) is 148 cm³/mol. The van der Waals surface area contributed by atoms with Crippen LogP contribution in [-0.4, -0.2) is 43.8 Å². The molecule has 0 amide bonds. The average Bonchev–Trinajstić information content (AvgIpc) is 3.24. The summed E-state index contributed by atoms with van der Waals surface area (Å²) >= 11 is 0. The minimum absolute atomic E-state index is 0.135. The summed E-state index contributed by atoms with van der Waals surface area (Å²) in [6.07, 6.45) is 3.18. The van der Waals surface area contributed by atoms with Crippen LogP contribution >= 0.6 is 0 Å². The van der Waals surface area contributed by atoms with Gasteiger partial charge in [0.1, 0.15) is 6.07 Å². The van der Waals surface area contributed by atoms with Crippen LogP contribution in [-0.2, 0) is 17.1 Å². The van der Waals surface area contributed by atoms with Crippen LogP contribution < -0.4 is 9.62 Å². The van der Waals surface area contributed by atoms with Gasteiger partial charge in [0.2, 0.25) is 0 Å². The van der Waals surface area contributed by atoms with Crippen molar-refractivity contribution in [3.05, 3.63) is 59.1 Å². The number of nitrogens with zero attached hydrogens (tertiary/aromatic N) is 3. The van der Waals surface area contributed by atoms with Gasteiger partial charge in [-0.05, 0) is 72.0 Å². The third kappa shape index (κ3) is 6.35. The lowest BCUT2D eigenvalue weighted by Crippen LogP contribution is -2.32. The first-order valence-corrected chi connectivity index (χ1v) is 14.0. The predicted octanol–water partition coefficient (Wildman–Crippen LogP) is 5.03. The molecule has 1 aromatic heterocycles. The molecule has 0 fully saturated rings. The highest BCUT2D eigenvalue weighted by molar-refractivity contribution is 7.93. The highest BCUT2D eigenvalue weighted by Crippen LogP contribution is 2.29. The van der Waals surface area contributed by atoms with Crippen molar-refractivity contribution in [1.82, 2.24) is 9.29 Å². The summed E-state index contributed by atoms with van der Waals surface area (Å²) in [5.41, 5.74) is 3.74. The number of aromatic nitrogens is 1. The zero-order chi connectivity index (χ0) is 26.3. The maximum absolute atomic E-state index is 12.6. The van der Waals surface area contributed by atoms with Crippen LogP contribution in [0.25, 0.3) is 28.1 Å². The summed E-state index contributed by atoms with van der Waals surface area (Å²) in [6, 6.07) is 18.3. The summed E-state index contributed by atoms with van der Waals surface area (Å²) in [5, 5.41) is 21.5. The number of nitriles is 1. The number of sulfonamides is 1. The number of rotatable bonds is 12. The Kier molecular flexibility index (Phi) is 9.32. The van der Waals surface area contributed by atoms with Crippen LogP contribution in [0.1, 0.15) is 45.7 Å². The Bertz CT molecular complexity index is 1360. The Labute approximate surface area is 214 Å². The molecule has 8 heteroatoms. The van der Waals surface area contributed by atoms with E-state index in [-0.39, 0.29) is 6.54 Å². The van der Waals surface area contributed by atoms with Crippen molar-refractivity contribution in [2.75, 3.05) is 24.5 Å². The normalized spacial score (nSPS) is 13.1. The van der Waals surface area contributed by atoms with E-state index in [1.54, 1.807) is 19.1 Å². The van der Waals surface area contributed by atoms with Gasteiger partial charge in [0, 0.05) is 43.8 Å². The average molecular weight is 509 g/mol. The lowest BCUT2D eigenvalue weighted by atomic mass is 10.0. The third-order valence-electron chi connectivity index (χ3n) is 6.29. The van der Waals surface area contributed by atoms with Crippen LogP contribution in [0.3, 0.4) is 0 Å². The molecule has 0 spiro atoms. The van der Waals surface area contributed by atoms with Gasteiger partial charge < -0.3 is 14.6 Å². The van der Waals surface area contributed by atoms with Crippen LogP contribution in [0, 0.1) is 11.3 Å². The standard InChI is InChI=1S/C28H36N4O3S/c1-5-14-32(15-6-2)25-11-10-21-16-23(9-8-22(21)17-25)28-13-12-24(31(28)4)18-27(19-29)36(34,35)30-20-26(33)7-3/h8-13,16-18,26,30,33H,5-7,14-15,20H2,1-4H3/b27-18+. The molecular formula is C28H36N4O3S. The minimum Gasteiger partial charge on any atom is -0.392 e. The van der Waals surface area contributed by atoms with Crippen molar-refractivity contribution in [2.45, 2.75) is 46.1 Å². The van der Waals surface area contributed by atoms with Gasteiger partial charge in [-0.3, -0.25) is 0 Å². The number of hydrogen-bond acceptors (Lipinski definition) is 5. The molecule has 0 bridgehead atoms. The second kappa shape index (κ2) is 12.2. The van der Waals surface area contributed by atoms with Crippen LogP contribution in [0.2, 0.25) is 0 Å². The first-order valence-electron chi connectivity index (χ1n) is 12.5. The van der Waals surface area contributed by atoms with Crippen LogP contribution in [0.4, 0.5) is 5.69 Å². The van der Waals surface area contributed by atoms with Crippen LogP contribution in [0.5, 0.6) is 0 Å². The van der Waals surface area contributed by atoms with Crippen molar-refractivity contribution in [3.8, 4) is 17.3 Å². The maximum atomic E-state index is 12.6. The molecule has 1 atom stereocenters. The molecular weight excluding hydrogens is 472 g/mol. The molecule has 1 unspecified atom stereocenters. The summed E-state index contributed by atoms with van der Waals surface area (Å²) < 4.78 is 29.3. The Morgan fingerprint density at radius 2 is 1.75 bits per heavy atom. The molecule has 0 radical (unpaired) electrons. The second-order valence-electron chi connectivity index (χ2n) is 8.97. The first kappa shape index (κ1) is 27.5. The number of benzene rings is 2. The third-order valence-corrected chi connectivity index (χ3v) is 7.63. The highest BCUT2D eigenvalue weighted by atomic mass is 32.2. The zero-order valence-corrected chi connectivity index (χ0v) is 22.3. The molecule has 3 rings (SSSR count). The van der Waals surface area contributed by atoms with Crippen LogP contribution in [0.15, 0.2) is 53.4 Å². The number of aliphatic hydroxyl groups is 1. The molecule has 7 nitrogen and oxygen atoms in total. The molecule has 0 aliphatic carbocycles. The number of fused-ring (bicyclic) bond motifs is 1. The van der Waals surface area contributed by atoms with Gasteiger partial charge in [0.25, 0.3) is 10.0 Å². The number of anilines is 1. The first-order chi connectivity index (χ1) is 17.2. The molecule has 36 heavy (non-hydrogen) atoms. The van der Waals surface area contributed by atoms with Gasteiger partial charge >= 0.3 is 0 Å². The van der Waals surface area contributed by atoms with Crippen molar-refractivity contribution in [3.63, 3.8) is 0 Å². The van der Waals surface area contributed by atoms with Gasteiger partial charge in [-0.25, -0.2) is 13.1 Å². The van der Waals surface area contributed by atoms with Crippen molar-refractivity contribution >= 4 is 32.6 Å². The second-order valence-corrected chi connectivity index (χ2v) is 10.7. The lowest BCUT2D eigenvalue weighted by molar-refractivity contribution is 0.174. The quantitative estimate of drug-likeness (QED) is 0.335. The fourth-order valence-corrected chi connectivity index (χ4v) is 5.16. The summed E-state index contributed by atoms with van der Waals surface area (Å²) in [4.78, 5) is 2.02. The Balaban J connectivity index is 1.90. The monoisotopic (exact) mass is 508 g/mol. The maximum Gasteiger partial charge on any atom is 0.250 e. The topological polar surface area (TPSA) is 98.4 Å². The largest absolute Gasteiger partial charge is 0.392 e. The molecule has 2 aromatic carbocycles. The Morgan fingerprint density at radius 1 is 1.08 bits per heavy atom. The fraction of sp³-hybridized carbons (Fsp3) is 0.393. The molecule has 1 heterocycles. The zero-order valence-electron chi connectivity index (χ0n) is 21.5. The summed E-state index contributed by atoms with van der Waals surface area (Å²) in [5.74, 6) is 0. The Morgan fingerprint density at radius 3 is 2.39 bits per heavy atom. The molecule has 3 aromatic rings. The fourth-order valence-electron chi connectivity index (χ4n) is 4.19. The van der Waals surface area contributed by atoms with E-state index in [2.05, 4.69) is 59.9 Å². The molecule has 0 aliphatic heterocycles. The van der Waals surface area contributed by atoms with Crippen molar-refractivity contribution in [2.24, 2.45) is 7.05 Å². The van der Waals surface area contributed by atoms with E-state index < -0.39 is 21.0 Å². The van der Waals surface area contributed by atoms with Gasteiger partial charge in [-0.15, -0.1) is 0 Å². The summed E-state index contributed by atoms with van der Waals surface area (Å²) in [6.45, 7) is 8.08. The molecule has 0 saturated heterocycles. The van der Waals surface area contributed by atoms with E-state index in [0.717, 1.165) is 42.6 Å². The number of nitrogens with one attached hydrogen (secondary N) is 1. The molecule has 0 aliphatic rings. The minimum atomic E-state index is -4.02. The molecule has 2 N–H and O–H groups in total. The molecule has 192 valence electrons. The summed E-state index contributed by atoms with van der Waals surface area (Å²) in [7, 11) is -2.18. The van der Waals surface area contributed by atoms with E-state index in [1.165, 1.54) is 17.1 Å². The van der Waals surface area contributed by atoms with E-state index >= 15 is 0 Å². The van der Waals surface area contributed by atoms with E-state index in [1.807, 2.05) is 17.7 Å². The molecule has 0 saturated carbocycles. The van der Waals surface area contributed by atoms with Gasteiger partial charge in [0.05, 0.1) is 6.10 Å². The van der Waals surface area contributed by atoms with E-state index in [0.29, 0.717) is 12.1 Å². The number of hydrogen-bond donors (Lipinski definition) is 2. The van der Waals surface area contributed by atoms with Gasteiger partial charge in [-0.2, -0.15) is 5.26 Å². The van der Waals surface area contributed by atoms with E-state index in [9.17, 15) is 18.8 Å². The lowest BCUT2D eigenvalue weighted by Gasteiger charge is -2.24. The Hall–Kier alpha value is -3.12. The number of allylic oxidation sites excluding steroid dienone is 1. The number of aliphatic hydroxyl groups excluding tert-OH is 1. The van der Waals surface area contributed by atoms with Crippen molar-refractivity contribution in [1.29, 1.82) is 5.26 Å². The van der Waals surface area contributed by atoms with Gasteiger partial charge in [0.15, 0.2) is 4.91 Å². The highest BCUT2D eigenvalue weighted by Gasteiger charge is 2.19. The van der Waals surface area contributed by atoms with E-state index in [4.69, 9.17) is 0 Å². The van der Waals surface area contributed by atoms with Gasteiger partial charge in [-0.1, -0.05) is 39.0 Å². The smallest absolute Gasteiger partial charge is 0.250 e. The SMILES string of the molecule is CCCN(CCC)c1ccc2cc(-c3ccc(/C=C(\C#N)S(=O)(=O)NCC(O)CC)n3C)ccc2c1.